The number of hydrogen-bond acceptors (Lipinski definition) is 7. The summed E-state index contributed by atoms with van der Waals surface area (Å²) < 4.78 is 31.7. The average Bonchev–Trinajstić information content (AvgIpc) is 2.99. The summed E-state index contributed by atoms with van der Waals surface area (Å²) >= 11 is 0. The van der Waals surface area contributed by atoms with Crippen molar-refractivity contribution in [1.82, 2.24) is 0 Å². The molecule has 0 rings (SSSR count). The van der Waals surface area contributed by atoms with Crippen molar-refractivity contribution in [1.29, 1.82) is 0 Å². The van der Waals surface area contributed by atoms with Crippen LogP contribution >= 0.6 is 7.82 Å². The third kappa shape index (κ3) is 30.6. The van der Waals surface area contributed by atoms with Gasteiger partial charge < -0.3 is 14.4 Å². The van der Waals surface area contributed by atoms with Crippen LogP contribution in [0.4, 0.5) is 0 Å². The van der Waals surface area contributed by atoms with Crippen LogP contribution in [0.2, 0.25) is 0 Å². The fraction of sp³-hybridized carbons (Fsp3) is 0.882. The predicted molar refractivity (Wildman–Crippen MR) is 175 cm³/mol. The van der Waals surface area contributed by atoms with Crippen LogP contribution < -0.4 is 0 Å². The molecule has 9 heteroatoms. The molecule has 254 valence electrons. The van der Waals surface area contributed by atoms with E-state index in [1.54, 1.807) is 0 Å². The van der Waals surface area contributed by atoms with E-state index < -0.39 is 26.5 Å². The molecule has 43 heavy (non-hydrogen) atoms. The van der Waals surface area contributed by atoms with E-state index >= 15 is 0 Å². The number of phosphoric ester groups is 1. The summed E-state index contributed by atoms with van der Waals surface area (Å²) in [5.74, 6) is -0.811. The lowest BCUT2D eigenvalue weighted by Crippen LogP contribution is -2.29. The Morgan fingerprint density at radius 1 is 0.628 bits per heavy atom. The summed E-state index contributed by atoms with van der Waals surface area (Å²) in [5, 5.41) is 0. The van der Waals surface area contributed by atoms with Crippen molar-refractivity contribution < 1.29 is 37.6 Å². The molecule has 0 aliphatic carbocycles. The number of hydrogen-bond donors (Lipinski definition) is 1. The van der Waals surface area contributed by atoms with Gasteiger partial charge in [0.05, 0.1) is 6.61 Å². The normalized spacial score (nSPS) is 13.7. The van der Waals surface area contributed by atoms with Gasteiger partial charge in [0, 0.05) is 20.0 Å². The van der Waals surface area contributed by atoms with E-state index in [2.05, 4.69) is 30.5 Å². The van der Waals surface area contributed by atoms with E-state index in [1.165, 1.54) is 83.5 Å². The molecule has 2 atom stereocenters. The Morgan fingerprint density at radius 3 is 1.56 bits per heavy atom. The van der Waals surface area contributed by atoms with Gasteiger partial charge in [0.15, 0.2) is 6.10 Å². The second kappa shape index (κ2) is 30.8. The molecule has 0 radical (unpaired) electrons. The molecule has 0 fully saturated rings. The molecule has 2 unspecified atom stereocenters. The zero-order chi connectivity index (χ0) is 31.9. The maximum Gasteiger partial charge on any atom is 0.472 e. The van der Waals surface area contributed by atoms with Gasteiger partial charge in [0.25, 0.3) is 0 Å². The summed E-state index contributed by atoms with van der Waals surface area (Å²) in [4.78, 5) is 34.2. The van der Waals surface area contributed by atoms with E-state index in [0.717, 1.165) is 58.5 Å². The molecule has 0 aromatic carbocycles. The fourth-order valence-corrected chi connectivity index (χ4v) is 5.23. The smallest absolute Gasteiger partial charge is 0.462 e. The maximum atomic E-state index is 12.4. The van der Waals surface area contributed by atoms with Gasteiger partial charge in [0.1, 0.15) is 6.61 Å². The van der Waals surface area contributed by atoms with Crippen LogP contribution in [0.5, 0.6) is 0 Å². The van der Waals surface area contributed by atoms with Crippen LogP contribution in [0.15, 0.2) is 12.2 Å². The third-order valence-corrected chi connectivity index (χ3v) is 8.45. The highest BCUT2D eigenvalue weighted by Gasteiger charge is 2.24. The van der Waals surface area contributed by atoms with Crippen molar-refractivity contribution in [3.8, 4) is 0 Å². The molecular weight excluding hydrogens is 567 g/mol. The number of carbonyl (C=O) groups is 2. The number of carbonyl (C=O) groups excluding carboxylic acids is 2. The van der Waals surface area contributed by atoms with Crippen LogP contribution in [0, 0.1) is 0 Å². The van der Waals surface area contributed by atoms with Gasteiger partial charge in [-0.25, -0.2) is 4.57 Å². The summed E-state index contributed by atoms with van der Waals surface area (Å²) in [6, 6.07) is 0. The van der Waals surface area contributed by atoms with E-state index in [1.807, 2.05) is 0 Å². The topological polar surface area (TPSA) is 108 Å². The molecule has 0 aromatic rings. The van der Waals surface area contributed by atoms with E-state index in [0.29, 0.717) is 12.8 Å². The van der Waals surface area contributed by atoms with Crippen molar-refractivity contribution in [2.24, 2.45) is 0 Å². The molecule has 0 aliphatic heterocycles. The molecule has 0 spiro atoms. The van der Waals surface area contributed by atoms with Crippen LogP contribution in [0.25, 0.3) is 0 Å². The minimum absolute atomic E-state index is 0.224. The zero-order valence-electron chi connectivity index (χ0n) is 27.9. The van der Waals surface area contributed by atoms with Crippen molar-refractivity contribution in [2.45, 2.75) is 174 Å². The number of phosphoric acid groups is 1. The lowest BCUT2D eigenvalue weighted by Gasteiger charge is -2.19. The van der Waals surface area contributed by atoms with Crippen LogP contribution in [-0.4, -0.2) is 43.3 Å². The van der Waals surface area contributed by atoms with Crippen LogP contribution in [-0.2, 0) is 32.7 Å². The first kappa shape index (κ1) is 41.8. The molecule has 0 saturated carbocycles. The number of allylic oxidation sites excluding steroid dienone is 2. The third-order valence-electron chi connectivity index (χ3n) is 7.51. The first-order chi connectivity index (χ1) is 20.8. The Morgan fingerprint density at radius 2 is 1.05 bits per heavy atom. The quantitative estimate of drug-likeness (QED) is 0.0338. The zero-order valence-corrected chi connectivity index (χ0v) is 28.8. The van der Waals surface area contributed by atoms with Crippen molar-refractivity contribution in [2.75, 3.05) is 20.3 Å². The monoisotopic (exact) mass is 632 g/mol. The molecule has 0 aromatic heterocycles. The summed E-state index contributed by atoms with van der Waals surface area (Å²) in [7, 11) is -3.19. The van der Waals surface area contributed by atoms with Gasteiger partial charge in [0.2, 0.25) is 0 Å². The molecule has 8 nitrogen and oxygen atoms in total. The first-order valence-electron chi connectivity index (χ1n) is 17.4. The molecule has 0 saturated heterocycles. The van der Waals surface area contributed by atoms with Crippen LogP contribution in [0.3, 0.4) is 0 Å². The van der Waals surface area contributed by atoms with E-state index in [-0.39, 0.29) is 19.0 Å². The Hall–Kier alpha value is -1.21. The molecular formula is C34H65O8P. The lowest BCUT2D eigenvalue weighted by atomic mass is 10.0. The second-order valence-corrected chi connectivity index (χ2v) is 13.2. The Bertz CT molecular complexity index is 727. The molecule has 1 N–H and O–H groups in total. The number of ether oxygens (including phenoxy) is 2. The Kier molecular flexibility index (Phi) is 29.9. The predicted octanol–water partition coefficient (Wildman–Crippen LogP) is 10.2. The largest absolute Gasteiger partial charge is 0.472 e. The Labute approximate surface area is 263 Å². The van der Waals surface area contributed by atoms with Crippen molar-refractivity contribution in [3.63, 3.8) is 0 Å². The van der Waals surface area contributed by atoms with Gasteiger partial charge >= 0.3 is 19.8 Å². The second-order valence-electron chi connectivity index (χ2n) is 11.7. The van der Waals surface area contributed by atoms with Gasteiger partial charge in [-0.3, -0.25) is 18.6 Å². The minimum Gasteiger partial charge on any atom is -0.462 e. The standard InChI is InChI=1S/C34H65O8P/c1-4-6-8-10-12-14-16-18-20-22-24-26-28-33(35)40-30-32(31-41-43(37,38)39-3)42-34(36)29-27-25-23-21-19-17-15-13-11-9-7-5-2/h13,15,32H,4-12,14,16-31H2,1-3H3,(H,37,38)/b15-13-. The maximum absolute atomic E-state index is 12.4. The number of rotatable bonds is 32. The van der Waals surface area contributed by atoms with E-state index in [9.17, 15) is 19.0 Å². The molecule has 0 aliphatic rings. The summed E-state index contributed by atoms with van der Waals surface area (Å²) in [6.45, 7) is 3.83. The summed E-state index contributed by atoms with van der Waals surface area (Å²) in [5.41, 5.74) is 0. The van der Waals surface area contributed by atoms with Crippen LogP contribution in [0.1, 0.15) is 168 Å². The van der Waals surface area contributed by atoms with Crippen molar-refractivity contribution >= 4 is 19.8 Å². The molecule has 0 bridgehead atoms. The SMILES string of the molecule is CCCCC/C=C\CCCCCCCC(=O)OC(COC(=O)CCCCCCCCCCCCCC)COP(=O)(O)OC. The molecule has 0 heterocycles. The fourth-order valence-electron chi connectivity index (χ4n) is 4.77. The first-order valence-corrected chi connectivity index (χ1v) is 18.9. The average molecular weight is 633 g/mol. The van der Waals surface area contributed by atoms with E-state index in [4.69, 9.17) is 14.0 Å². The van der Waals surface area contributed by atoms with Gasteiger partial charge in [-0.15, -0.1) is 0 Å². The highest BCUT2D eigenvalue weighted by atomic mass is 31.2. The number of esters is 2. The Balaban J connectivity index is 4.10. The van der Waals surface area contributed by atoms with Gasteiger partial charge in [-0.1, -0.05) is 129 Å². The highest BCUT2D eigenvalue weighted by molar-refractivity contribution is 7.47. The van der Waals surface area contributed by atoms with Crippen molar-refractivity contribution in [3.05, 3.63) is 12.2 Å². The highest BCUT2D eigenvalue weighted by Crippen LogP contribution is 2.42. The van der Waals surface area contributed by atoms with Gasteiger partial charge in [-0.05, 0) is 38.5 Å². The minimum atomic E-state index is -4.25. The number of unbranched alkanes of at least 4 members (excludes halogenated alkanes) is 19. The lowest BCUT2D eigenvalue weighted by molar-refractivity contribution is -0.161. The summed E-state index contributed by atoms with van der Waals surface area (Å²) in [6.07, 6.45) is 29.7. The molecule has 0 amide bonds. The van der Waals surface area contributed by atoms with Gasteiger partial charge in [-0.2, -0.15) is 0 Å².